The van der Waals surface area contributed by atoms with Gasteiger partial charge in [0, 0.05) is 11.3 Å². The number of hydrogen-bond donors (Lipinski definition) is 3. The van der Waals surface area contributed by atoms with Gasteiger partial charge in [-0.05, 0) is 37.5 Å². The fourth-order valence-corrected chi connectivity index (χ4v) is 3.39. The van der Waals surface area contributed by atoms with Crippen LogP contribution in [0.1, 0.15) is 50.9 Å². The molecule has 1 atom stereocenters. The third-order valence-corrected chi connectivity index (χ3v) is 5.56. The van der Waals surface area contributed by atoms with Crippen molar-refractivity contribution in [3.8, 4) is 0 Å². The van der Waals surface area contributed by atoms with E-state index in [0.717, 1.165) is 0 Å². The second kappa shape index (κ2) is 8.33. The number of carboxylic acid groups (broad SMARTS) is 1. The number of hydrogen-bond acceptors (Lipinski definition) is 4. The van der Waals surface area contributed by atoms with Crippen molar-refractivity contribution >= 4 is 27.6 Å². The smallest absolute Gasteiger partial charge is 0.305 e. The Kier molecular flexibility index (Phi) is 6.98. The molecule has 1 aromatic rings. The van der Waals surface area contributed by atoms with E-state index in [9.17, 15) is 18.0 Å². The summed E-state index contributed by atoms with van der Waals surface area (Å²) in [7, 11) is -3.45. The van der Waals surface area contributed by atoms with E-state index in [1.165, 1.54) is 6.07 Å². The van der Waals surface area contributed by atoms with Crippen molar-refractivity contribution < 1.29 is 23.1 Å². The zero-order valence-electron chi connectivity index (χ0n) is 15.0. The summed E-state index contributed by atoms with van der Waals surface area (Å²) in [6, 6.07) is 6.12. The zero-order valence-corrected chi connectivity index (χ0v) is 15.8. The van der Waals surface area contributed by atoms with Gasteiger partial charge in [-0.1, -0.05) is 26.8 Å². The number of aliphatic carboxylic acids is 1. The molecule has 1 unspecified atom stereocenters. The van der Waals surface area contributed by atoms with E-state index >= 15 is 0 Å². The Bertz CT molecular complexity index is 730. The second-order valence-corrected chi connectivity index (χ2v) is 8.44. The third kappa shape index (κ3) is 6.38. The fourth-order valence-electron chi connectivity index (χ4n) is 2.26. The molecule has 140 valence electrons. The second-order valence-electron chi connectivity index (χ2n) is 6.60. The third-order valence-electron chi connectivity index (χ3n) is 4.06. The molecule has 0 heterocycles. The average molecular weight is 370 g/mol. The Hall–Kier alpha value is -2.09. The molecule has 0 radical (unpaired) electrons. The minimum absolute atomic E-state index is 0.00649. The minimum Gasteiger partial charge on any atom is -0.481 e. The zero-order chi connectivity index (χ0) is 19.3. The van der Waals surface area contributed by atoms with Crippen LogP contribution in [0.25, 0.3) is 0 Å². The van der Waals surface area contributed by atoms with E-state index in [0.29, 0.717) is 12.1 Å². The van der Waals surface area contributed by atoms with Crippen LogP contribution in [0.4, 0.5) is 5.69 Å². The van der Waals surface area contributed by atoms with Crippen molar-refractivity contribution in [3.05, 3.63) is 29.8 Å². The van der Waals surface area contributed by atoms with E-state index in [1.54, 1.807) is 32.0 Å². The number of benzene rings is 1. The lowest BCUT2D eigenvalue weighted by molar-refractivity contribution is -0.138. The number of rotatable bonds is 9. The standard InChI is InChI=1S/C17H26N2O5S/c1-5-9-25(23,24)19-14-8-6-7-13(10-14)16(22)18-17(4,12(2)3)11-15(20)21/h6-8,10,12,19H,5,9,11H2,1-4H3,(H,18,22)(H,20,21). The van der Waals surface area contributed by atoms with Crippen LogP contribution in [0.3, 0.4) is 0 Å². The summed E-state index contributed by atoms with van der Waals surface area (Å²) in [5, 5.41) is 11.8. The number of carbonyl (C=O) groups is 2. The summed E-state index contributed by atoms with van der Waals surface area (Å²) >= 11 is 0. The largest absolute Gasteiger partial charge is 0.481 e. The maximum Gasteiger partial charge on any atom is 0.305 e. The van der Waals surface area contributed by atoms with E-state index in [2.05, 4.69) is 10.0 Å². The van der Waals surface area contributed by atoms with Crippen LogP contribution in [0, 0.1) is 5.92 Å². The van der Waals surface area contributed by atoms with Crippen LogP contribution >= 0.6 is 0 Å². The Morgan fingerprint density at radius 1 is 1.28 bits per heavy atom. The van der Waals surface area contributed by atoms with Crippen molar-refractivity contribution in [2.75, 3.05) is 10.5 Å². The Morgan fingerprint density at radius 3 is 2.44 bits per heavy atom. The van der Waals surface area contributed by atoms with Crippen LogP contribution in [0.2, 0.25) is 0 Å². The predicted octanol–water partition coefficient (Wildman–Crippen LogP) is 2.46. The molecule has 1 rings (SSSR count). The molecule has 8 heteroatoms. The van der Waals surface area contributed by atoms with Crippen LogP contribution in [-0.2, 0) is 14.8 Å². The number of amides is 1. The molecule has 0 aliphatic heterocycles. The Labute approximate surface area is 148 Å². The molecular formula is C17H26N2O5S. The van der Waals surface area contributed by atoms with Gasteiger partial charge in [-0.2, -0.15) is 0 Å². The van der Waals surface area contributed by atoms with Crippen LogP contribution in [0.15, 0.2) is 24.3 Å². The molecule has 0 aliphatic carbocycles. The molecule has 25 heavy (non-hydrogen) atoms. The minimum atomic E-state index is -3.45. The molecule has 0 aliphatic rings. The van der Waals surface area contributed by atoms with E-state index < -0.39 is 27.4 Å². The van der Waals surface area contributed by atoms with Crippen molar-refractivity contribution in [1.82, 2.24) is 5.32 Å². The molecular weight excluding hydrogens is 344 g/mol. The monoisotopic (exact) mass is 370 g/mol. The molecule has 0 fully saturated rings. The summed E-state index contributed by atoms with van der Waals surface area (Å²) in [5.41, 5.74) is -0.361. The highest BCUT2D eigenvalue weighted by molar-refractivity contribution is 7.92. The van der Waals surface area contributed by atoms with Crippen LogP contribution in [-0.4, -0.2) is 36.7 Å². The van der Waals surface area contributed by atoms with Gasteiger partial charge in [0.2, 0.25) is 10.0 Å². The molecule has 0 saturated heterocycles. The summed E-state index contributed by atoms with van der Waals surface area (Å²) in [6.07, 6.45) is 0.274. The van der Waals surface area contributed by atoms with Gasteiger partial charge in [-0.15, -0.1) is 0 Å². The highest BCUT2D eigenvalue weighted by Crippen LogP contribution is 2.22. The predicted molar refractivity (Wildman–Crippen MR) is 97.1 cm³/mol. The number of carboxylic acids is 1. The summed E-state index contributed by atoms with van der Waals surface area (Å²) < 4.78 is 26.1. The quantitative estimate of drug-likeness (QED) is 0.618. The topological polar surface area (TPSA) is 113 Å². The molecule has 1 aromatic carbocycles. The van der Waals surface area contributed by atoms with Gasteiger partial charge in [0.05, 0.1) is 17.7 Å². The van der Waals surface area contributed by atoms with Gasteiger partial charge in [0.15, 0.2) is 0 Å². The lowest BCUT2D eigenvalue weighted by Crippen LogP contribution is -2.51. The van der Waals surface area contributed by atoms with Gasteiger partial charge < -0.3 is 10.4 Å². The van der Waals surface area contributed by atoms with Crippen molar-refractivity contribution in [2.24, 2.45) is 5.92 Å². The molecule has 0 saturated carbocycles. The van der Waals surface area contributed by atoms with Crippen LogP contribution < -0.4 is 10.0 Å². The lowest BCUT2D eigenvalue weighted by Gasteiger charge is -2.33. The summed E-state index contributed by atoms with van der Waals surface area (Å²) in [4.78, 5) is 23.6. The van der Waals surface area contributed by atoms with E-state index in [1.807, 2.05) is 13.8 Å². The Balaban J connectivity index is 2.99. The summed E-state index contributed by atoms with van der Waals surface area (Å²) in [6.45, 7) is 7.10. The van der Waals surface area contributed by atoms with Crippen molar-refractivity contribution in [2.45, 2.75) is 46.1 Å². The SMILES string of the molecule is CCCS(=O)(=O)Nc1cccc(C(=O)NC(C)(CC(=O)O)C(C)C)c1. The number of sulfonamides is 1. The summed E-state index contributed by atoms with van der Waals surface area (Å²) in [5.74, 6) is -1.56. The van der Waals surface area contributed by atoms with Gasteiger partial charge in [-0.3, -0.25) is 14.3 Å². The van der Waals surface area contributed by atoms with E-state index in [4.69, 9.17) is 5.11 Å². The number of anilines is 1. The first-order valence-corrected chi connectivity index (χ1v) is 9.79. The van der Waals surface area contributed by atoms with Crippen molar-refractivity contribution in [1.29, 1.82) is 0 Å². The number of nitrogens with one attached hydrogen (secondary N) is 2. The van der Waals surface area contributed by atoms with E-state index in [-0.39, 0.29) is 23.7 Å². The molecule has 7 nitrogen and oxygen atoms in total. The molecule has 3 N–H and O–H groups in total. The first kappa shape index (κ1) is 21.0. The molecule has 1 amide bonds. The molecule has 0 bridgehead atoms. The molecule has 0 aromatic heterocycles. The van der Waals surface area contributed by atoms with Gasteiger partial charge in [0.1, 0.15) is 0 Å². The maximum absolute atomic E-state index is 12.5. The number of carbonyl (C=O) groups excluding carboxylic acids is 1. The Morgan fingerprint density at radius 2 is 1.92 bits per heavy atom. The average Bonchev–Trinajstić information content (AvgIpc) is 2.45. The van der Waals surface area contributed by atoms with Crippen molar-refractivity contribution in [3.63, 3.8) is 0 Å². The normalized spacial score (nSPS) is 14.0. The molecule has 0 spiro atoms. The lowest BCUT2D eigenvalue weighted by atomic mass is 9.85. The first-order chi connectivity index (χ1) is 11.5. The van der Waals surface area contributed by atoms with Gasteiger partial charge in [0.25, 0.3) is 5.91 Å². The van der Waals surface area contributed by atoms with Gasteiger partial charge >= 0.3 is 5.97 Å². The van der Waals surface area contributed by atoms with Gasteiger partial charge in [-0.25, -0.2) is 8.42 Å². The first-order valence-electron chi connectivity index (χ1n) is 8.14. The fraction of sp³-hybridized carbons (Fsp3) is 0.529. The van der Waals surface area contributed by atoms with Crippen LogP contribution in [0.5, 0.6) is 0 Å². The maximum atomic E-state index is 12.5. The highest BCUT2D eigenvalue weighted by Gasteiger charge is 2.33. The highest BCUT2D eigenvalue weighted by atomic mass is 32.2.